The summed E-state index contributed by atoms with van der Waals surface area (Å²) in [4.78, 5) is 21.3. The van der Waals surface area contributed by atoms with E-state index in [0.29, 0.717) is 10.7 Å². The molecule has 0 saturated heterocycles. The van der Waals surface area contributed by atoms with Crippen molar-refractivity contribution in [1.29, 1.82) is 0 Å². The fourth-order valence-corrected chi connectivity index (χ4v) is 2.55. The van der Waals surface area contributed by atoms with Crippen LogP contribution in [-0.2, 0) is 0 Å². The van der Waals surface area contributed by atoms with Gasteiger partial charge in [-0.1, -0.05) is 12.1 Å². The van der Waals surface area contributed by atoms with Gasteiger partial charge in [0, 0.05) is 24.0 Å². The van der Waals surface area contributed by atoms with Crippen molar-refractivity contribution in [2.45, 2.75) is 0 Å². The molecule has 0 aromatic carbocycles. The summed E-state index contributed by atoms with van der Waals surface area (Å²) in [6.45, 7) is 0. The molecular formula is C14H12ClN3O2S. The van der Waals surface area contributed by atoms with Gasteiger partial charge in [-0.2, -0.15) is 0 Å². The van der Waals surface area contributed by atoms with Crippen molar-refractivity contribution in [1.82, 2.24) is 14.4 Å². The van der Waals surface area contributed by atoms with E-state index >= 15 is 0 Å². The van der Waals surface area contributed by atoms with Crippen LogP contribution in [0.15, 0.2) is 40.9 Å². The summed E-state index contributed by atoms with van der Waals surface area (Å²) in [7, 11) is 1.47. The second-order valence-corrected chi connectivity index (χ2v) is 4.88. The van der Waals surface area contributed by atoms with Gasteiger partial charge in [0.15, 0.2) is 4.96 Å². The first-order valence-electron chi connectivity index (χ1n) is 5.91. The van der Waals surface area contributed by atoms with E-state index in [0.717, 1.165) is 5.56 Å². The number of pyridine rings is 1. The van der Waals surface area contributed by atoms with Crippen LogP contribution >= 0.6 is 23.7 Å². The minimum absolute atomic E-state index is 0. The lowest BCUT2D eigenvalue weighted by Crippen LogP contribution is -2.16. The second-order valence-electron chi connectivity index (χ2n) is 4.01. The van der Waals surface area contributed by atoms with Gasteiger partial charge in [-0.05, 0) is 17.7 Å². The molecule has 0 fully saturated rings. The third kappa shape index (κ3) is 2.96. The van der Waals surface area contributed by atoms with Gasteiger partial charge in [0.1, 0.15) is 5.69 Å². The van der Waals surface area contributed by atoms with E-state index in [4.69, 9.17) is 4.74 Å². The van der Waals surface area contributed by atoms with E-state index in [2.05, 4.69) is 9.97 Å². The average Bonchev–Trinajstić information content (AvgIpc) is 2.95. The summed E-state index contributed by atoms with van der Waals surface area (Å²) in [5, 5.41) is 1.82. The van der Waals surface area contributed by atoms with E-state index in [-0.39, 0.29) is 23.7 Å². The van der Waals surface area contributed by atoms with Crippen LogP contribution in [0, 0.1) is 0 Å². The van der Waals surface area contributed by atoms with Gasteiger partial charge in [-0.15, -0.1) is 23.7 Å². The third-order valence-electron chi connectivity index (χ3n) is 2.77. The lowest BCUT2D eigenvalue weighted by atomic mass is 10.2. The normalized spacial score (nSPS) is 10.7. The third-order valence-corrected chi connectivity index (χ3v) is 3.53. The summed E-state index contributed by atoms with van der Waals surface area (Å²) in [6, 6.07) is 3.77. The Kier molecular flexibility index (Phi) is 4.72. The minimum Gasteiger partial charge on any atom is -0.490 e. The molecule has 0 unspecified atom stereocenters. The molecule has 0 atom stereocenters. The van der Waals surface area contributed by atoms with Crippen LogP contribution in [0.2, 0.25) is 0 Å². The number of nitrogens with zero attached hydrogens (tertiary/aromatic N) is 3. The van der Waals surface area contributed by atoms with E-state index in [1.807, 2.05) is 23.6 Å². The van der Waals surface area contributed by atoms with Crippen LogP contribution in [-0.4, -0.2) is 21.5 Å². The summed E-state index contributed by atoms with van der Waals surface area (Å²) in [5.74, 6) is 0.237. The maximum atomic E-state index is 12.2. The first kappa shape index (κ1) is 15.2. The van der Waals surface area contributed by atoms with Crippen LogP contribution in [0.1, 0.15) is 11.3 Å². The Morgan fingerprint density at radius 3 is 2.95 bits per heavy atom. The van der Waals surface area contributed by atoms with Crippen molar-refractivity contribution in [3.63, 3.8) is 0 Å². The molecule has 0 bridgehead atoms. The predicted molar refractivity (Wildman–Crippen MR) is 86.3 cm³/mol. The molecule has 0 aliphatic rings. The summed E-state index contributed by atoms with van der Waals surface area (Å²) < 4.78 is 6.66. The van der Waals surface area contributed by atoms with Crippen LogP contribution in [0.3, 0.4) is 0 Å². The van der Waals surface area contributed by atoms with Gasteiger partial charge in [-0.3, -0.25) is 14.2 Å². The lowest BCUT2D eigenvalue weighted by Gasteiger charge is -2.03. The molecular weight excluding hydrogens is 310 g/mol. The maximum Gasteiger partial charge on any atom is 0.301 e. The topological polar surface area (TPSA) is 56.5 Å². The van der Waals surface area contributed by atoms with Gasteiger partial charge in [-0.25, -0.2) is 4.98 Å². The number of fused-ring (bicyclic) bond motifs is 1. The Morgan fingerprint density at radius 1 is 1.38 bits per heavy atom. The molecule has 0 aliphatic carbocycles. The van der Waals surface area contributed by atoms with Crippen molar-refractivity contribution in [2.24, 2.45) is 0 Å². The first-order chi connectivity index (χ1) is 9.79. The number of ether oxygens (including phenoxy) is 1. The molecule has 0 radical (unpaired) electrons. The van der Waals surface area contributed by atoms with Gasteiger partial charge >= 0.3 is 5.56 Å². The Bertz CT molecular complexity index is 827. The molecule has 3 rings (SSSR count). The van der Waals surface area contributed by atoms with Crippen molar-refractivity contribution in [3.8, 4) is 5.75 Å². The zero-order valence-corrected chi connectivity index (χ0v) is 12.7. The Labute approximate surface area is 131 Å². The molecule has 3 heterocycles. The van der Waals surface area contributed by atoms with Crippen molar-refractivity contribution >= 4 is 40.9 Å². The van der Waals surface area contributed by atoms with Crippen LogP contribution in [0.4, 0.5) is 0 Å². The van der Waals surface area contributed by atoms with Gasteiger partial charge in [0.25, 0.3) is 0 Å². The molecule has 0 N–H and O–H groups in total. The zero-order valence-electron chi connectivity index (χ0n) is 11.1. The quantitative estimate of drug-likeness (QED) is 0.744. The largest absolute Gasteiger partial charge is 0.490 e. The molecule has 3 aromatic rings. The smallest absolute Gasteiger partial charge is 0.301 e. The molecule has 0 aliphatic heterocycles. The highest BCUT2D eigenvalue weighted by Crippen LogP contribution is 2.17. The molecule has 7 heteroatoms. The Balaban J connectivity index is 0.00000161. The van der Waals surface area contributed by atoms with Crippen molar-refractivity contribution < 1.29 is 4.74 Å². The highest BCUT2D eigenvalue weighted by atomic mass is 35.5. The fourth-order valence-electron chi connectivity index (χ4n) is 1.83. The van der Waals surface area contributed by atoms with E-state index in [1.54, 1.807) is 24.7 Å². The van der Waals surface area contributed by atoms with Gasteiger partial charge in [0.05, 0.1) is 7.11 Å². The first-order valence-corrected chi connectivity index (χ1v) is 6.79. The van der Waals surface area contributed by atoms with Gasteiger partial charge in [0.2, 0.25) is 5.75 Å². The molecule has 3 aromatic heterocycles. The molecule has 108 valence electrons. The number of hydrogen-bond donors (Lipinski definition) is 0. The van der Waals surface area contributed by atoms with Gasteiger partial charge < -0.3 is 4.74 Å². The number of methoxy groups -OCH3 is 1. The van der Waals surface area contributed by atoms with Crippen LogP contribution in [0.25, 0.3) is 17.1 Å². The lowest BCUT2D eigenvalue weighted by molar-refractivity contribution is 0.404. The van der Waals surface area contributed by atoms with Crippen LogP contribution in [0.5, 0.6) is 5.75 Å². The molecule has 5 nitrogen and oxygen atoms in total. The minimum atomic E-state index is -0.204. The van der Waals surface area contributed by atoms with Crippen LogP contribution < -0.4 is 10.3 Å². The highest BCUT2D eigenvalue weighted by molar-refractivity contribution is 7.15. The second kappa shape index (κ2) is 6.51. The number of hydrogen-bond acceptors (Lipinski definition) is 5. The number of halogens is 1. The number of rotatable bonds is 3. The fraction of sp³-hybridized carbons (Fsp3) is 0.0714. The number of thiazole rings is 1. The van der Waals surface area contributed by atoms with Crippen molar-refractivity contribution in [2.75, 3.05) is 7.11 Å². The number of aromatic nitrogens is 3. The standard InChI is InChI=1S/C14H11N3O2S.ClH/c1-19-12-11(5-4-10-3-2-6-15-9-10)16-14-17(13(12)18)7-8-20-14;/h2-9H,1H3;1H/b5-4+;. The summed E-state index contributed by atoms with van der Waals surface area (Å²) in [5.41, 5.74) is 1.25. The summed E-state index contributed by atoms with van der Waals surface area (Å²) >= 11 is 1.41. The average molecular weight is 322 g/mol. The summed E-state index contributed by atoms with van der Waals surface area (Å²) in [6.07, 6.45) is 8.74. The van der Waals surface area contributed by atoms with E-state index < -0.39 is 0 Å². The maximum absolute atomic E-state index is 12.2. The van der Waals surface area contributed by atoms with Crippen molar-refractivity contribution in [3.05, 3.63) is 57.7 Å². The molecule has 21 heavy (non-hydrogen) atoms. The van der Waals surface area contributed by atoms with E-state index in [1.165, 1.54) is 22.8 Å². The predicted octanol–water partition coefficient (Wildman–Crippen LogP) is 2.75. The molecule has 0 spiro atoms. The molecule has 0 amide bonds. The highest BCUT2D eigenvalue weighted by Gasteiger charge is 2.11. The Hall–Kier alpha value is -2.18. The molecule has 0 saturated carbocycles. The zero-order chi connectivity index (χ0) is 13.9. The Morgan fingerprint density at radius 2 is 2.24 bits per heavy atom. The van der Waals surface area contributed by atoms with E-state index in [9.17, 15) is 4.79 Å². The SMILES string of the molecule is COc1c(/C=C/c2cccnc2)nc2sccn2c1=O.Cl. The monoisotopic (exact) mass is 321 g/mol.